The number of hydrogen-bond acceptors (Lipinski definition) is 6. The van der Waals surface area contributed by atoms with Gasteiger partial charge < -0.3 is 24.5 Å². The Bertz CT molecular complexity index is 994. The highest BCUT2D eigenvalue weighted by Crippen LogP contribution is 2.27. The number of nitrogens with one attached hydrogen (secondary N) is 2. The average Bonchev–Trinajstić information content (AvgIpc) is 3.45. The Labute approximate surface area is 171 Å². The number of thiophene rings is 1. The van der Waals surface area contributed by atoms with Crippen molar-refractivity contribution in [1.82, 2.24) is 10.6 Å². The molecule has 0 fully saturated rings. The first-order valence-corrected chi connectivity index (χ1v) is 9.58. The highest BCUT2D eigenvalue weighted by molar-refractivity contribution is 7.10. The van der Waals surface area contributed by atoms with Gasteiger partial charge in [0.2, 0.25) is 0 Å². The van der Waals surface area contributed by atoms with Gasteiger partial charge in [0, 0.05) is 10.4 Å². The minimum Gasteiger partial charge on any atom is -0.493 e. The second-order valence-electron chi connectivity index (χ2n) is 5.86. The maximum atomic E-state index is 12.7. The molecule has 0 saturated carbocycles. The second-order valence-corrected chi connectivity index (χ2v) is 6.84. The maximum absolute atomic E-state index is 12.7. The predicted molar refractivity (Wildman–Crippen MR) is 110 cm³/mol. The van der Waals surface area contributed by atoms with Gasteiger partial charge in [-0.1, -0.05) is 6.07 Å². The van der Waals surface area contributed by atoms with E-state index in [1.54, 1.807) is 36.4 Å². The van der Waals surface area contributed by atoms with Gasteiger partial charge in [0.25, 0.3) is 11.8 Å². The van der Waals surface area contributed by atoms with E-state index in [4.69, 9.17) is 13.9 Å². The van der Waals surface area contributed by atoms with E-state index < -0.39 is 11.8 Å². The van der Waals surface area contributed by atoms with Gasteiger partial charge in [0.15, 0.2) is 11.5 Å². The van der Waals surface area contributed by atoms with Gasteiger partial charge in [-0.2, -0.15) is 0 Å². The Balaban J connectivity index is 1.79. The number of amides is 2. The summed E-state index contributed by atoms with van der Waals surface area (Å²) in [5.41, 5.74) is 0.456. The smallest absolute Gasteiger partial charge is 0.268 e. The largest absolute Gasteiger partial charge is 0.493 e. The molecule has 0 radical (unpaired) electrons. The highest BCUT2D eigenvalue weighted by atomic mass is 32.1. The molecule has 8 heteroatoms. The fraction of sp³-hybridized carbons (Fsp3) is 0.143. The molecular weight excluding hydrogens is 392 g/mol. The van der Waals surface area contributed by atoms with Crippen molar-refractivity contribution in [3.05, 3.63) is 76.0 Å². The summed E-state index contributed by atoms with van der Waals surface area (Å²) >= 11 is 1.46. The first-order chi connectivity index (χ1) is 14.1. The van der Waals surface area contributed by atoms with Crippen LogP contribution in [0.3, 0.4) is 0 Å². The van der Waals surface area contributed by atoms with Crippen molar-refractivity contribution >= 4 is 29.2 Å². The number of hydrogen-bond donors (Lipinski definition) is 2. The predicted octanol–water partition coefficient (Wildman–Crippen LogP) is 3.45. The lowest BCUT2D eigenvalue weighted by Crippen LogP contribution is -2.34. The number of carbonyl (C=O) groups is 2. The molecule has 3 rings (SSSR count). The molecule has 0 saturated heterocycles. The van der Waals surface area contributed by atoms with Crippen LogP contribution in [0.1, 0.15) is 21.0 Å². The summed E-state index contributed by atoms with van der Waals surface area (Å²) < 4.78 is 15.6. The van der Waals surface area contributed by atoms with E-state index in [9.17, 15) is 9.59 Å². The van der Waals surface area contributed by atoms with E-state index in [1.165, 1.54) is 31.8 Å². The third kappa shape index (κ3) is 5.26. The summed E-state index contributed by atoms with van der Waals surface area (Å²) in [6, 6.07) is 12.0. The van der Waals surface area contributed by atoms with Crippen molar-refractivity contribution in [3.63, 3.8) is 0 Å². The van der Waals surface area contributed by atoms with Gasteiger partial charge in [-0.05, 0) is 47.9 Å². The van der Waals surface area contributed by atoms with Gasteiger partial charge in [0.05, 0.1) is 27.0 Å². The van der Waals surface area contributed by atoms with Crippen LogP contribution in [-0.2, 0) is 11.3 Å². The first-order valence-electron chi connectivity index (χ1n) is 8.70. The van der Waals surface area contributed by atoms with Crippen molar-refractivity contribution in [2.75, 3.05) is 14.2 Å². The lowest BCUT2D eigenvalue weighted by atomic mass is 10.1. The van der Waals surface area contributed by atoms with E-state index in [1.807, 2.05) is 17.5 Å². The van der Waals surface area contributed by atoms with Crippen LogP contribution in [-0.4, -0.2) is 26.0 Å². The molecule has 3 aromatic rings. The molecule has 0 aliphatic heterocycles. The SMILES string of the molecule is COc1ccc(C(=O)NC(=Cc2cccs2)C(=O)NCc2ccco2)cc1OC. The van der Waals surface area contributed by atoms with Crippen LogP contribution in [0.15, 0.2) is 64.2 Å². The third-order valence-corrected chi connectivity index (χ3v) is 4.79. The summed E-state index contributed by atoms with van der Waals surface area (Å²) in [4.78, 5) is 26.3. The van der Waals surface area contributed by atoms with Gasteiger partial charge >= 0.3 is 0 Å². The fourth-order valence-electron chi connectivity index (χ4n) is 2.52. The molecule has 29 heavy (non-hydrogen) atoms. The number of ether oxygens (including phenoxy) is 2. The standard InChI is InChI=1S/C21H20N2O5S/c1-26-18-8-7-14(11-19(18)27-2)20(24)23-17(12-16-6-4-10-29-16)21(25)22-13-15-5-3-9-28-15/h3-12H,13H2,1-2H3,(H,22,25)(H,23,24). The minimum atomic E-state index is -0.443. The molecule has 0 bridgehead atoms. The Hall–Kier alpha value is -3.52. The summed E-state index contributed by atoms with van der Waals surface area (Å²) in [5.74, 6) is 0.673. The zero-order chi connectivity index (χ0) is 20.6. The molecule has 0 spiro atoms. The van der Waals surface area contributed by atoms with E-state index in [0.29, 0.717) is 22.8 Å². The molecule has 2 aromatic heterocycles. The first kappa shape index (κ1) is 20.2. The normalized spacial score (nSPS) is 11.0. The minimum absolute atomic E-state index is 0.124. The molecule has 150 valence electrons. The Morgan fingerprint density at radius 1 is 1.10 bits per heavy atom. The van der Waals surface area contributed by atoms with E-state index in [0.717, 1.165) is 4.88 Å². The molecule has 1 aromatic carbocycles. The lowest BCUT2D eigenvalue weighted by Gasteiger charge is -2.12. The number of rotatable bonds is 8. The van der Waals surface area contributed by atoms with Gasteiger partial charge in [-0.15, -0.1) is 11.3 Å². The van der Waals surface area contributed by atoms with Gasteiger partial charge in [-0.25, -0.2) is 0 Å². The summed E-state index contributed by atoms with van der Waals surface area (Å²) in [6.45, 7) is 0.208. The van der Waals surface area contributed by atoms with E-state index in [2.05, 4.69) is 10.6 Å². The van der Waals surface area contributed by atoms with Crippen LogP contribution in [0.25, 0.3) is 6.08 Å². The van der Waals surface area contributed by atoms with Crippen LogP contribution in [0, 0.1) is 0 Å². The molecule has 7 nitrogen and oxygen atoms in total. The Kier molecular flexibility index (Phi) is 6.70. The van der Waals surface area contributed by atoms with E-state index >= 15 is 0 Å². The summed E-state index contributed by atoms with van der Waals surface area (Å²) in [6.07, 6.45) is 3.16. The maximum Gasteiger partial charge on any atom is 0.268 e. The van der Waals surface area contributed by atoms with Crippen LogP contribution < -0.4 is 20.1 Å². The third-order valence-electron chi connectivity index (χ3n) is 3.97. The van der Waals surface area contributed by atoms with Crippen LogP contribution in [0.2, 0.25) is 0 Å². The van der Waals surface area contributed by atoms with Crippen molar-refractivity contribution in [2.24, 2.45) is 0 Å². The molecule has 2 amide bonds. The highest BCUT2D eigenvalue weighted by Gasteiger charge is 2.17. The average molecular weight is 412 g/mol. The second kappa shape index (κ2) is 9.61. The summed E-state index contributed by atoms with van der Waals surface area (Å²) in [7, 11) is 3.01. The van der Waals surface area contributed by atoms with Gasteiger partial charge in [0.1, 0.15) is 11.5 Å². The van der Waals surface area contributed by atoms with Gasteiger partial charge in [-0.3, -0.25) is 9.59 Å². The van der Waals surface area contributed by atoms with Crippen molar-refractivity contribution < 1.29 is 23.5 Å². The number of carbonyl (C=O) groups excluding carboxylic acids is 2. The van der Waals surface area contributed by atoms with Crippen LogP contribution in [0.5, 0.6) is 11.5 Å². The lowest BCUT2D eigenvalue weighted by molar-refractivity contribution is -0.118. The van der Waals surface area contributed by atoms with Crippen molar-refractivity contribution in [1.29, 1.82) is 0 Å². The molecule has 0 unspecified atom stereocenters. The Morgan fingerprint density at radius 3 is 2.59 bits per heavy atom. The monoisotopic (exact) mass is 412 g/mol. The molecule has 0 aliphatic carbocycles. The van der Waals surface area contributed by atoms with Crippen molar-refractivity contribution in [3.8, 4) is 11.5 Å². The molecule has 0 aliphatic rings. The zero-order valence-electron chi connectivity index (χ0n) is 15.9. The molecule has 0 atom stereocenters. The summed E-state index contributed by atoms with van der Waals surface area (Å²) in [5, 5.41) is 7.31. The van der Waals surface area contributed by atoms with Crippen LogP contribution in [0.4, 0.5) is 0 Å². The molecular formula is C21H20N2O5S. The Morgan fingerprint density at radius 2 is 1.93 bits per heavy atom. The number of furan rings is 1. The molecule has 2 heterocycles. The zero-order valence-corrected chi connectivity index (χ0v) is 16.7. The number of benzene rings is 1. The van der Waals surface area contributed by atoms with Crippen LogP contribution >= 0.6 is 11.3 Å². The fourth-order valence-corrected chi connectivity index (χ4v) is 3.18. The van der Waals surface area contributed by atoms with E-state index in [-0.39, 0.29) is 12.2 Å². The van der Waals surface area contributed by atoms with Crippen molar-refractivity contribution in [2.45, 2.75) is 6.54 Å². The number of methoxy groups -OCH3 is 2. The molecule has 2 N–H and O–H groups in total. The quantitative estimate of drug-likeness (QED) is 0.553. The topological polar surface area (TPSA) is 89.8 Å².